The minimum absolute atomic E-state index is 0.0610. The van der Waals surface area contributed by atoms with Gasteiger partial charge in [0.25, 0.3) is 5.91 Å². The number of aliphatic hydroxyl groups excluding tert-OH is 1. The summed E-state index contributed by atoms with van der Waals surface area (Å²) in [5.41, 5.74) is 1.10. The lowest BCUT2D eigenvalue weighted by molar-refractivity contribution is -0.117. The number of ketones is 1. The molecule has 36 heavy (non-hydrogen) atoms. The molecule has 0 radical (unpaired) electrons. The number of halogens is 1. The number of benzene rings is 2. The summed E-state index contributed by atoms with van der Waals surface area (Å²) in [6, 6.07) is 12.1. The third kappa shape index (κ3) is 3.36. The molecule has 0 saturated heterocycles. The molecule has 4 heterocycles. The summed E-state index contributed by atoms with van der Waals surface area (Å²) in [7, 11) is 1.46. The molecule has 0 aliphatic carbocycles. The van der Waals surface area contributed by atoms with E-state index in [1.54, 1.807) is 48.7 Å². The number of rotatable bonds is 5. The van der Waals surface area contributed by atoms with E-state index in [1.165, 1.54) is 24.3 Å². The Bertz CT molecular complexity index is 1580. The standard InChI is InChI=1S/C26H17ClN2O7/c1-33-20-9-15(27)7-14-8-19(36-25(14)20)23(30)21-22(13-3-2-6-28-11-13)29(26(32)24(21)31)16-4-5-17-18(10-16)35-12-34-17/h2-11,22,31H,12H2,1H3. The number of furan rings is 1. The van der Waals surface area contributed by atoms with Crippen LogP contribution in [0, 0.1) is 0 Å². The summed E-state index contributed by atoms with van der Waals surface area (Å²) in [6.45, 7) is 0.0610. The quantitative estimate of drug-likeness (QED) is 0.378. The number of Topliss-reactive ketones (excluding diaryl/α,β-unsaturated/α-hetero) is 1. The van der Waals surface area contributed by atoms with Gasteiger partial charge in [-0.2, -0.15) is 0 Å². The van der Waals surface area contributed by atoms with Crippen molar-refractivity contribution in [1.82, 2.24) is 4.98 Å². The molecule has 2 aliphatic rings. The minimum Gasteiger partial charge on any atom is -0.503 e. The molecule has 2 aromatic heterocycles. The van der Waals surface area contributed by atoms with Crippen molar-refractivity contribution in [2.45, 2.75) is 6.04 Å². The van der Waals surface area contributed by atoms with E-state index in [-0.39, 0.29) is 18.1 Å². The molecule has 0 fully saturated rings. The highest BCUT2D eigenvalue weighted by atomic mass is 35.5. The monoisotopic (exact) mass is 504 g/mol. The van der Waals surface area contributed by atoms with Crippen molar-refractivity contribution in [3.8, 4) is 17.2 Å². The Labute approximate surface area is 209 Å². The van der Waals surface area contributed by atoms with Crippen LogP contribution in [0.15, 0.2) is 76.7 Å². The van der Waals surface area contributed by atoms with Gasteiger partial charge in [0.15, 0.2) is 34.4 Å². The number of hydrogen-bond donors (Lipinski definition) is 1. The molecule has 1 unspecified atom stereocenters. The van der Waals surface area contributed by atoms with Gasteiger partial charge in [-0.3, -0.25) is 19.5 Å². The number of amides is 1. The molecule has 4 aromatic rings. The molecular formula is C26H17ClN2O7. The SMILES string of the molecule is COc1cc(Cl)cc2cc(C(=O)C3=C(O)C(=O)N(c4ccc5c(c4)OCO5)C3c3cccnc3)oc12. The van der Waals surface area contributed by atoms with Crippen molar-refractivity contribution in [3.63, 3.8) is 0 Å². The van der Waals surface area contributed by atoms with E-state index in [0.717, 1.165) is 0 Å². The molecule has 0 saturated carbocycles. The summed E-state index contributed by atoms with van der Waals surface area (Å²) < 4.78 is 22.0. The fraction of sp³-hybridized carbons (Fsp3) is 0.115. The first-order chi connectivity index (χ1) is 17.5. The molecule has 6 rings (SSSR count). The number of aliphatic hydroxyl groups is 1. The second kappa shape index (κ2) is 8.31. The van der Waals surface area contributed by atoms with E-state index in [2.05, 4.69) is 4.98 Å². The third-order valence-electron chi connectivity index (χ3n) is 6.08. The van der Waals surface area contributed by atoms with Crippen LogP contribution in [-0.2, 0) is 4.79 Å². The zero-order valence-corrected chi connectivity index (χ0v) is 19.5. The fourth-order valence-corrected chi connectivity index (χ4v) is 4.69. The van der Waals surface area contributed by atoms with Gasteiger partial charge >= 0.3 is 0 Å². The lowest BCUT2D eigenvalue weighted by Crippen LogP contribution is -2.31. The first-order valence-corrected chi connectivity index (χ1v) is 11.2. The van der Waals surface area contributed by atoms with E-state index in [4.69, 9.17) is 30.2 Å². The van der Waals surface area contributed by atoms with Crippen molar-refractivity contribution in [3.05, 3.63) is 88.6 Å². The number of pyridine rings is 1. The zero-order valence-electron chi connectivity index (χ0n) is 18.7. The van der Waals surface area contributed by atoms with Crippen LogP contribution < -0.4 is 19.1 Å². The molecule has 1 atom stereocenters. The van der Waals surface area contributed by atoms with Crippen LogP contribution >= 0.6 is 11.6 Å². The summed E-state index contributed by atoms with van der Waals surface area (Å²) in [5.74, 6) is -0.839. The van der Waals surface area contributed by atoms with Crippen LogP contribution in [-0.4, -0.2) is 35.7 Å². The van der Waals surface area contributed by atoms with Crippen LogP contribution in [0.1, 0.15) is 22.2 Å². The molecule has 2 aromatic carbocycles. The molecule has 0 bridgehead atoms. The van der Waals surface area contributed by atoms with Gasteiger partial charge in [-0.15, -0.1) is 0 Å². The predicted molar refractivity (Wildman–Crippen MR) is 129 cm³/mol. The lowest BCUT2D eigenvalue weighted by Gasteiger charge is -2.26. The van der Waals surface area contributed by atoms with Crippen molar-refractivity contribution >= 4 is 39.9 Å². The van der Waals surface area contributed by atoms with Crippen LogP contribution in [0.25, 0.3) is 11.0 Å². The Hall–Kier alpha value is -4.50. The van der Waals surface area contributed by atoms with Gasteiger partial charge in [-0.25, -0.2) is 0 Å². The molecule has 1 amide bonds. The van der Waals surface area contributed by atoms with Gasteiger partial charge in [0.2, 0.25) is 12.6 Å². The number of methoxy groups -OCH3 is 1. The van der Waals surface area contributed by atoms with Crippen LogP contribution in [0.5, 0.6) is 17.2 Å². The van der Waals surface area contributed by atoms with E-state index < -0.39 is 23.5 Å². The average molecular weight is 505 g/mol. The van der Waals surface area contributed by atoms with Crippen molar-refractivity contribution in [2.24, 2.45) is 0 Å². The maximum Gasteiger partial charge on any atom is 0.294 e. The normalized spacial score (nSPS) is 16.8. The smallest absolute Gasteiger partial charge is 0.294 e. The van der Waals surface area contributed by atoms with Gasteiger partial charge in [0, 0.05) is 40.6 Å². The first kappa shape index (κ1) is 22.0. The van der Waals surface area contributed by atoms with Gasteiger partial charge in [-0.05, 0) is 35.9 Å². The van der Waals surface area contributed by atoms with E-state index in [0.29, 0.717) is 44.5 Å². The Morgan fingerprint density at radius 1 is 1.17 bits per heavy atom. The van der Waals surface area contributed by atoms with Crippen LogP contribution in [0.4, 0.5) is 5.69 Å². The average Bonchev–Trinajstić information content (AvgIpc) is 3.60. The zero-order chi connectivity index (χ0) is 25.0. The number of aromatic nitrogens is 1. The summed E-state index contributed by atoms with van der Waals surface area (Å²) >= 11 is 6.16. The van der Waals surface area contributed by atoms with Gasteiger partial charge < -0.3 is 23.7 Å². The van der Waals surface area contributed by atoms with Crippen molar-refractivity contribution < 1.29 is 33.3 Å². The van der Waals surface area contributed by atoms with Gasteiger partial charge in [0.05, 0.1) is 18.7 Å². The Kier molecular flexibility index (Phi) is 5.08. The molecule has 180 valence electrons. The highest BCUT2D eigenvalue weighted by molar-refractivity contribution is 6.31. The Morgan fingerprint density at radius 3 is 2.78 bits per heavy atom. The highest BCUT2D eigenvalue weighted by Crippen LogP contribution is 2.45. The first-order valence-electron chi connectivity index (χ1n) is 10.8. The molecule has 1 N–H and O–H groups in total. The molecular weight excluding hydrogens is 488 g/mol. The second-order valence-electron chi connectivity index (χ2n) is 8.13. The number of carbonyl (C=O) groups excluding carboxylic acids is 2. The maximum absolute atomic E-state index is 13.8. The van der Waals surface area contributed by atoms with E-state index >= 15 is 0 Å². The molecule has 10 heteroatoms. The van der Waals surface area contributed by atoms with Gasteiger partial charge in [-0.1, -0.05) is 17.7 Å². The van der Waals surface area contributed by atoms with Gasteiger partial charge in [0.1, 0.15) is 0 Å². The number of fused-ring (bicyclic) bond motifs is 2. The third-order valence-corrected chi connectivity index (χ3v) is 6.30. The number of hydrogen-bond acceptors (Lipinski definition) is 8. The predicted octanol–water partition coefficient (Wildman–Crippen LogP) is 5.00. The number of nitrogens with zero attached hydrogens (tertiary/aromatic N) is 2. The Balaban J connectivity index is 1.48. The highest BCUT2D eigenvalue weighted by Gasteiger charge is 2.46. The molecule has 2 aliphatic heterocycles. The Morgan fingerprint density at radius 2 is 2.00 bits per heavy atom. The van der Waals surface area contributed by atoms with Crippen molar-refractivity contribution in [2.75, 3.05) is 18.8 Å². The minimum atomic E-state index is -0.974. The lowest BCUT2D eigenvalue weighted by atomic mass is 9.96. The second-order valence-corrected chi connectivity index (χ2v) is 8.57. The largest absolute Gasteiger partial charge is 0.503 e. The van der Waals surface area contributed by atoms with Crippen molar-refractivity contribution in [1.29, 1.82) is 0 Å². The number of ether oxygens (including phenoxy) is 3. The van der Waals surface area contributed by atoms with Crippen LogP contribution in [0.3, 0.4) is 0 Å². The van der Waals surface area contributed by atoms with E-state index in [1.807, 2.05) is 0 Å². The maximum atomic E-state index is 13.8. The molecule has 9 nitrogen and oxygen atoms in total. The van der Waals surface area contributed by atoms with Crippen LogP contribution in [0.2, 0.25) is 5.02 Å². The topological polar surface area (TPSA) is 111 Å². The number of carbonyl (C=O) groups is 2. The summed E-state index contributed by atoms with van der Waals surface area (Å²) in [5, 5.41) is 11.9. The summed E-state index contributed by atoms with van der Waals surface area (Å²) in [6.07, 6.45) is 3.11. The van der Waals surface area contributed by atoms with E-state index in [9.17, 15) is 14.7 Å². The molecule has 0 spiro atoms. The summed E-state index contributed by atoms with van der Waals surface area (Å²) in [4.78, 5) is 32.6. The fourth-order valence-electron chi connectivity index (χ4n) is 4.47. The number of anilines is 1.